The highest BCUT2D eigenvalue weighted by molar-refractivity contribution is 7.99. The van der Waals surface area contributed by atoms with Gasteiger partial charge in [0.15, 0.2) is 0 Å². The molecule has 0 bridgehead atoms. The fourth-order valence-electron chi connectivity index (χ4n) is 3.73. The summed E-state index contributed by atoms with van der Waals surface area (Å²) < 4.78 is 16.7. The van der Waals surface area contributed by atoms with Crippen LogP contribution in [-0.4, -0.2) is 24.9 Å². The number of nitrogens with one attached hydrogen (secondary N) is 1. The molecule has 0 aliphatic carbocycles. The Hall–Kier alpha value is -2.21. The van der Waals surface area contributed by atoms with Crippen molar-refractivity contribution in [3.63, 3.8) is 0 Å². The maximum Gasteiger partial charge on any atom is 0.332 e. The fourth-order valence-corrected chi connectivity index (χ4v) is 5.66. The molecule has 2 aromatic carbocycles. The average molecular weight is 584 g/mol. The number of hydrogen-bond donors (Lipinski definition) is 1. The molecular weight excluding hydrogens is 537 g/mol. The quantitative estimate of drug-likeness (QED) is 0.107. The molecule has 0 atom stereocenters. The number of anilines is 1. The van der Waals surface area contributed by atoms with Gasteiger partial charge in [0.1, 0.15) is 0 Å². The van der Waals surface area contributed by atoms with E-state index in [1.54, 1.807) is 11.8 Å². The summed E-state index contributed by atoms with van der Waals surface area (Å²) in [6.45, 7) is 14.0. The van der Waals surface area contributed by atoms with Crippen LogP contribution in [0.25, 0.3) is 0 Å². The minimum atomic E-state index is -1.34. The van der Waals surface area contributed by atoms with Gasteiger partial charge >= 0.3 is 8.60 Å². The maximum absolute atomic E-state index is 13.1. The van der Waals surface area contributed by atoms with Gasteiger partial charge in [-0.3, -0.25) is 4.79 Å². The summed E-state index contributed by atoms with van der Waals surface area (Å²) in [6.07, 6.45) is 11.3. The Morgan fingerprint density at radius 2 is 1.45 bits per heavy atom. The molecule has 7 heteroatoms. The molecule has 0 fully saturated rings. The smallest absolute Gasteiger partial charge is 0.322 e. The minimum absolute atomic E-state index is 0.113. The molecule has 0 heterocycles. The Morgan fingerprint density at radius 1 is 0.825 bits per heavy atom. The Morgan fingerprint density at radius 3 is 2.10 bits per heavy atom. The Bertz CT molecular complexity index is 1120. The lowest BCUT2D eigenvalue weighted by Crippen LogP contribution is -2.13. The SMILES string of the molecule is CCOP(OCC)OCc1ccc(NC(=O)c2ccccc2SC/C=C(\C)CC/C=C(\C)CCC=C(C)C)cc1. The summed E-state index contributed by atoms with van der Waals surface area (Å²) in [4.78, 5) is 14.1. The van der Waals surface area contributed by atoms with Crippen molar-refractivity contribution < 1.29 is 18.4 Å². The number of hydrogen-bond acceptors (Lipinski definition) is 5. The van der Waals surface area contributed by atoms with E-state index in [1.165, 1.54) is 16.7 Å². The normalized spacial score (nSPS) is 12.1. The highest BCUT2D eigenvalue weighted by atomic mass is 32.2. The van der Waals surface area contributed by atoms with Gasteiger partial charge in [-0.15, -0.1) is 11.8 Å². The van der Waals surface area contributed by atoms with Crippen LogP contribution in [0.15, 0.2) is 88.4 Å². The van der Waals surface area contributed by atoms with Crippen LogP contribution in [0.2, 0.25) is 0 Å². The zero-order chi connectivity index (χ0) is 29.2. The largest absolute Gasteiger partial charge is 0.332 e. The molecule has 1 amide bonds. The second-order valence-corrected chi connectivity index (χ2v) is 12.0. The van der Waals surface area contributed by atoms with Crippen molar-refractivity contribution in [2.75, 3.05) is 24.3 Å². The van der Waals surface area contributed by atoms with Crippen LogP contribution in [0.3, 0.4) is 0 Å². The highest BCUT2D eigenvalue weighted by Gasteiger charge is 2.13. The number of thioether (sulfide) groups is 1. The van der Waals surface area contributed by atoms with Crippen molar-refractivity contribution in [2.24, 2.45) is 0 Å². The minimum Gasteiger partial charge on any atom is -0.322 e. The number of rotatable bonds is 18. The van der Waals surface area contributed by atoms with Crippen molar-refractivity contribution >= 4 is 32.0 Å². The molecule has 0 aromatic heterocycles. The molecule has 0 saturated carbocycles. The van der Waals surface area contributed by atoms with Gasteiger partial charge in [-0.05, 0) is 97.1 Å². The first-order valence-electron chi connectivity index (χ1n) is 14.1. The number of carbonyl (C=O) groups is 1. The molecule has 5 nitrogen and oxygen atoms in total. The first-order valence-corrected chi connectivity index (χ1v) is 16.2. The average Bonchev–Trinajstić information content (AvgIpc) is 2.93. The third-order valence-corrected chi connectivity index (χ3v) is 8.22. The van der Waals surface area contributed by atoms with E-state index in [0.717, 1.165) is 47.6 Å². The summed E-state index contributed by atoms with van der Waals surface area (Å²) in [5.74, 6) is 0.720. The van der Waals surface area contributed by atoms with Crippen molar-refractivity contribution in [1.82, 2.24) is 0 Å². The lowest BCUT2D eigenvalue weighted by molar-refractivity contribution is 0.102. The van der Waals surface area contributed by atoms with Crippen LogP contribution in [-0.2, 0) is 20.2 Å². The molecule has 2 aromatic rings. The number of carbonyl (C=O) groups excluding carboxylic acids is 1. The van der Waals surface area contributed by atoms with Gasteiger partial charge < -0.3 is 18.9 Å². The van der Waals surface area contributed by atoms with E-state index in [2.05, 4.69) is 51.2 Å². The molecule has 218 valence electrons. The molecule has 0 aliphatic rings. The monoisotopic (exact) mass is 583 g/mol. The van der Waals surface area contributed by atoms with Crippen molar-refractivity contribution in [3.8, 4) is 0 Å². The lowest BCUT2D eigenvalue weighted by atomic mass is 10.1. The fraction of sp³-hybridized carbons (Fsp3) is 0.424. The third kappa shape index (κ3) is 13.9. The molecule has 0 aliphatic heterocycles. The topological polar surface area (TPSA) is 56.8 Å². The Labute approximate surface area is 247 Å². The molecule has 40 heavy (non-hydrogen) atoms. The first kappa shape index (κ1) is 34.0. The van der Waals surface area contributed by atoms with E-state index >= 15 is 0 Å². The molecule has 0 saturated heterocycles. The van der Waals surface area contributed by atoms with Crippen LogP contribution in [0.1, 0.15) is 83.1 Å². The predicted molar refractivity (Wildman–Crippen MR) is 172 cm³/mol. The van der Waals surface area contributed by atoms with Crippen LogP contribution in [0.5, 0.6) is 0 Å². The number of amides is 1. The Kier molecular flexibility index (Phi) is 16.8. The summed E-state index contributed by atoms with van der Waals surface area (Å²) in [7, 11) is -1.34. The van der Waals surface area contributed by atoms with Crippen molar-refractivity contribution in [2.45, 2.75) is 78.7 Å². The molecule has 2 rings (SSSR count). The van der Waals surface area contributed by atoms with Gasteiger partial charge in [-0.1, -0.05) is 59.2 Å². The van der Waals surface area contributed by atoms with Gasteiger partial charge in [0.05, 0.1) is 25.4 Å². The van der Waals surface area contributed by atoms with Gasteiger partial charge in [0, 0.05) is 16.3 Å². The van der Waals surface area contributed by atoms with E-state index in [9.17, 15) is 4.79 Å². The summed E-state index contributed by atoms with van der Waals surface area (Å²) in [5.41, 5.74) is 6.62. The van der Waals surface area contributed by atoms with Crippen LogP contribution >= 0.6 is 20.4 Å². The second kappa shape index (κ2) is 19.8. The summed E-state index contributed by atoms with van der Waals surface area (Å²) >= 11 is 1.69. The van der Waals surface area contributed by atoms with Crippen LogP contribution in [0.4, 0.5) is 5.69 Å². The first-order chi connectivity index (χ1) is 19.3. The van der Waals surface area contributed by atoms with E-state index in [0.29, 0.717) is 25.4 Å². The lowest BCUT2D eigenvalue weighted by Gasteiger charge is -2.15. The van der Waals surface area contributed by atoms with E-state index in [-0.39, 0.29) is 5.91 Å². The third-order valence-electron chi connectivity index (χ3n) is 5.94. The van der Waals surface area contributed by atoms with Crippen LogP contribution in [0, 0.1) is 0 Å². The van der Waals surface area contributed by atoms with Gasteiger partial charge in [0.2, 0.25) is 0 Å². The molecule has 1 N–H and O–H groups in total. The predicted octanol–water partition coefficient (Wildman–Crippen LogP) is 10.3. The van der Waals surface area contributed by atoms with Crippen molar-refractivity contribution in [3.05, 3.63) is 94.6 Å². The maximum atomic E-state index is 13.1. The van der Waals surface area contributed by atoms with E-state index in [1.807, 2.05) is 62.4 Å². The molecular formula is C33H46NO4PS. The van der Waals surface area contributed by atoms with Gasteiger partial charge in [0.25, 0.3) is 5.91 Å². The summed E-state index contributed by atoms with van der Waals surface area (Å²) in [6, 6.07) is 15.4. The number of allylic oxidation sites excluding steroid dienone is 5. The van der Waals surface area contributed by atoms with Gasteiger partial charge in [-0.25, -0.2) is 0 Å². The van der Waals surface area contributed by atoms with Crippen LogP contribution < -0.4 is 5.32 Å². The van der Waals surface area contributed by atoms with E-state index < -0.39 is 8.60 Å². The van der Waals surface area contributed by atoms with Crippen molar-refractivity contribution in [1.29, 1.82) is 0 Å². The zero-order valence-corrected chi connectivity index (χ0v) is 26.7. The molecule has 0 radical (unpaired) electrons. The number of benzene rings is 2. The zero-order valence-electron chi connectivity index (χ0n) is 25.0. The van der Waals surface area contributed by atoms with E-state index in [4.69, 9.17) is 13.6 Å². The summed E-state index contributed by atoms with van der Waals surface area (Å²) in [5, 5.41) is 3.03. The standard InChI is InChI=1S/C33H46NO4PS/c1-7-36-39(37-8-2)38-25-29-19-21-30(22-20-29)34-33(35)31-17-9-10-18-32(31)40-24-23-28(6)16-12-15-27(5)14-11-13-26(3)4/h9-10,13,15,17-23H,7-8,11-12,14,16,24-25H2,1-6H3,(H,34,35)/b27-15+,28-23+. The second-order valence-electron chi connectivity index (χ2n) is 9.75. The molecule has 0 unspecified atom stereocenters. The Balaban J connectivity index is 1.86. The molecule has 0 spiro atoms. The highest BCUT2D eigenvalue weighted by Crippen LogP contribution is 2.40. The van der Waals surface area contributed by atoms with Gasteiger partial charge in [-0.2, -0.15) is 0 Å².